The normalized spacial score (nSPS) is 12.6. The summed E-state index contributed by atoms with van der Waals surface area (Å²) in [5.74, 6) is -0.637. The van der Waals surface area contributed by atoms with Gasteiger partial charge in [0, 0.05) is 17.0 Å². The van der Waals surface area contributed by atoms with Crippen molar-refractivity contribution in [2.45, 2.75) is 20.0 Å². The number of carbonyl (C=O) groups is 1. The van der Waals surface area contributed by atoms with Gasteiger partial charge in [-0.3, -0.25) is 0 Å². The molecule has 4 heteroatoms. The first-order chi connectivity index (χ1) is 6.06. The maximum Gasteiger partial charge on any atom is 0.339 e. The first-order valence-electron chi connectivity index (χ1n) is 3.98. The van der Waals surface area contributed by atoms with Crippen LogP contribution in [0.25, 0.3) is 0 Å². The summed E-state index contributed by atoms with van der Waals surface area (Å²) in [6.45, 7) is 3.66. The Kier molecular flexibility index (Phi) is 2.72. The second-order valence-electron chi connectivity index (χ2n) is 2.96. The summed E-state index contributed by atoms with van der Waals surface area (Å²) in [4.78, 5) is 14.0. The summed E-state index contributed by atoms with van der Waals surface area (Å²) in [7, 11) is 1.25. The molecular formula is C9H13NO3. The Morgan fingerprint density at radius 3 is 2.62 bits per heavy atom. The summed E-state index contributed by atoms with van der Waals surface area (Å²) >= 11 is 0. The van der Waals surface area contributed by atoms with Crippen LogP contribution in [0.3, 0.4) is 0 Å². The zero-order chi connectivity index (χ0) is 10.0. The number of ether oxygens (including phenoxy) is 1. The monoisotopic (exact) mass is 183 g/mol. The van der Waals surface area contributed by atoms with E-state index in [4.69, 9.17) is 0 Å². The summed E-state index contributed by atoms with van der Waals surface area (Å²) in [5.41, 5.74) is 2.27. The molecular weight excluding hydrogens is 170 g/mol. The number of methoxy groups -OCH3 is 1. The molecule has 0 aliphatic carbocycles. The highest BCUT2D eigenvalue weighted by Crippen LogP contribution is 2.19. The molecule has 0 aliphatic rings. The minimum absolute atomic E-state index is 0.573. The van der Waals surface area contributed by atoms with Gasteiger partial charge in [0.2, 0.25) is 0 Å². The number of aliphatic hydroxyl groups is 1. The average molecular weight is 183 g/mol. The lowest BCUT2D eigenvalue weighted by Gasteiger charge is -2.06. The Morgan fingerprint density at radius 1 is 1.62 bits per heavy atom. The van der Waals surface area contributed by atoms with Crippen LogP contribution < -0.4 is 0 Å². The smallest absolute Gasteiger partial charge is 0.339 e. The third kappa shape index (κ3) is 1.89. The van der Waals surface area contributed by atoms with E-state index in [9.17, 15) is 9.90 Å². The van der Waals surface area contributed by atoms with Crippen molar-refractivity contribution in [1.29, 1.82) is 0 Å². The lowest BCUT2D eigenvalue weighted by Crippen LogP contribution is -2.13. The first-order valence-corrected chi connectivity index (χ1v) is 3.98. The van der Waals surface area contributed by atoms with Crippen molar-refractivity contribution in [3.05, 3.63) is 23.0 Å². The molecule has 0 bridgehead atoms. The Balaban J connectivity index is 2.94. The first kappa shape index (κ1) is 9.80. The molecule has 1 heterocycles. The van der Waals surface area contributed by atoms with Gasteiger partial charge in [-0.05, 0) is 19.9 Å². The molecule has 1 aromatic rings. The molecule has 0 fully saturated rings. The Hall–Kier alpha value is -1.29. The fourth-order valence-electron chi connectivity index (χ4n) is 1.27. The van der Waals surface area contributed by atoms with Crippen LogP contribution >= 0.6 is 0 Å². The van der Waals surface area contributed by atoms with Crippen LogP contribution in [-0.2, 0) is 9.53 Å². The van der Waals surface area contributed by atoms with Crippen molar-refractivity contribution in [1.82, 2.24) is 4.98 Å². The molecule has 0 saturated heterocycles. The van der Waals surface area contributed by atoms with Crippen LogP contribution in [0.2, 0.25) is 0 Å². The summed E-state index contributed by atoms with van der Waals surface area (Å²) in [6, 6.07) is 1.73. The van der Waals surface area contributed by atoms with Crippen LogP contribution in [0, 0.1) is 13.8 Å². The number of aromatic nitrogens is 1. The van der Waals surface area contributed by atoms with E-state index in [0.29, 0.717) is 5.56 Å². The predicted octanol–water partition coefficient (Wildman–Crippen LogP) is 0.838. The highest BCUT2D eigenvalue weighted by molar-refractivity contribution is 5.76. The molecule has 0 aliphatic heterocycles. The van der Waals surface area contributed by atoms with E-state index in [1.54, 1.807) is 13.0 Å². The number of rotatable bonds is 2. The number of aryl methyl sites for hydroxylation is 2. The summed E-state index contributed by atoms with van der Waals surface area (Å²) in [5, 5.41) is 9.49. The van der Waals surface area contributed by atoms with Crippen molar-refractivity contribution in [2.24, 2.45) is 0 Å². The van der Waals surface area contributed by atoms with Gasteiger partial charge in [0.1, 0.15) is 0 Å². The summed E-state index contributed by atoms with van der Waals surface area (Å²) in [6.07, 6.45) is -1.19. The van der Waals surface area contributed by atoms with Gasteiger partial charge in [-0.1, -0.05) is 0 Å². The van der Waals surface area contributed by atoms with Crippen molar-refractivity contribution in [3.8, 4) is 0 Å². The average Bonchev–Trinajstić information content (AvgIpc) is 2.42. The number of nitrogens with one attached hydrogen (secondary N) is 1. The number of esters is 1. The van der Waals surface area contributed by atoms with Crippen LogP contribution in [0.5, 0.6) is 0 Å². The molecule has 1 unspecified atom stereocenters. The van der Waals surface area contributed by atoms with Gasteiger partial charge in [-0.2, -0.15) is 0 Å². The molecule has 1 rings (SSSR count). The van der Waals surface area contributed by atoms with E-state index in [1.807, 2.05) is 6.92 Å². The number of hydrogen-bond acceptors (Lipinski definition) is 3. The molecule has 1 aromatic heterocycles. The number of hydrogen-bond donors (Lipinski definition) is 2. The maximum absolute atomic E-state index is 11.0. The third-order valence-corrected chi connectivity index (χ3v) is 1.91. The highest BCUT2D eigenvalue weighted by atomic mass is 16.5. The van der Waals surface area contributed by atoms with Gasteiger partial charge >= 0.3 is 5.97 Å². The van der Waals surface area contributed by atoms with Gasteiger partial charge in [0.15, 0.2) is 6.10 Å². The molecule has 4 nitrogen and oxygen atoms in total. The van der Waals surface area contributed by atoms with Crippen LogP contribution in [0.1, 0.15) is 23.1 Å². The van der Waals surface area contributed by atoms with E-state index in [0.717, 1.165) is 11.4 Å². The number of aliphatic hydroxyl groups excluding tert-OH is 1. The lowest BCUT2D eigenvalue weighted by molar-refractivity contribution is -0.150. The van der Waals surface area contributed by atoms with Crippen molar-refractivity contribution in [2.75, 3.05) is 7.11 Å². The quantitative estimate of drug-likeness (QED) is 0.668. The molecule has 2 N–H and O–H groups in total. The van der Waals surface area contributed by atoms with Crippen molar-refractivity contribution in [3.63, 3.8) is 0 Å². The van der Waals surface area contributed by atoms with Gasteiger partial charge in [0.05, 0.1) is 7.11 Å². The van der Waals surface area contributed by atoms with Gasteiger partial charge in [-0.25, -0.2) is 4.79 Å². The van der Waals surface area contributed by atoms with Gasteiger partial charge in [-0.15, -0.1) is 0 Å². The molecule has 0 radical (unpaired) electrons. The molecule has 13 heavy (non-hydrogen) atoms. The van der Waals surface area contributed by atoms with E-state index in [1.165, 1.54) is 7.11 Å². The SMILES string of the molecule is COC(=O)C(O)c1cc(C)[nH]c1C. The largest absolute Gasteiger partial charge is 0.467 e. The fourth-order valence-corrected chi connectivity index (χ4v) is 1.27. The molecule has 0 saturated carbocycles. The van der Waals surface area contributed by atoms with Crippen LogP contribution in [0.15, 0.2) is 6.07 Å². The second kappa shape index (κ2) is 3.62. The number of H-pyrrole nitrogens is 1. The van der Waals surface area contributed by atoms with E-state index >= 15 is 0 Å². The molecule has 0 amide bonds. The standard InChI is InChI=1S/C9H13NO3/c1-5-4-7(6(2)10-5)8(11)9(12)13-3/h4,8,10-11H,1-3H3. The third-order valence-electron chi connectivity index (χ3n) is 1.91. The van der Waals surface area contributed by atoms with E-state index < -0.39 is 12.1 Å². The minimum Gasteiger partial charge on any atom is -0.467 e. The maximum atomic E-state index is 11.0. The van der Waals surface area contributed by atoms with E-state index in [2.05, 4.69) is 9.72 Å². The lowest BCUT2D eigenvalue weighted by atomic mass is 10.1. The highest BCUT2D eigenvalue weighted by Gasteiger charge is 2.20. The minimum atomic E-state index is -1.19. The number of aromatic amines is 1. The van der Waals surface area contributed by atoms with Crippen molar-refractivity contribution >= 4 is 5.97 Å². The second-order valence-corrected chi connectivity index (χ2v) is 2.96. The number of carbonyl (C=O) groups excluding carboxylic acids is 1. The van der Waals surface area contributed by atoms with Crippen molar-refractivity contribution < 1.29 is 14.6 Å². The zero-order valence-electron chi connectivity index (χ0n) is 7.92. The Bertz CT molecular complexity index is 317. The van der Waals surface area contributed by atoms with Gasteiger partial charge in [0.25, 0.3) is 0 Å². The zero-order valence-corrected chi connectivity index (χ0v) is 7.92. The topological polar surface area (TPSA) is 62.3 Å². The predicted molar refractivity (Wildman–Crippen MR) is 47.2 cm³/mol. The molecule has 0 spiro atoms. The van der Waals surface area contributed by atoms with E-state index in [-0.39, 0.29) is 0 Å². The van der Waals surface area contributed by atoms with Crippen LogP contribution in [0.4, 0.5) is 0 Å². The van der Waals surface area contributed by atoms with Crippen LogP contribution in [-0.4, -0.2) is 23.2 Å². The van der Waals surface area contributed by atoms with Gasteiger partial charge < -0.3 is 14.8 Å². The summed E-state index contributed by atoms with van der Waals surface area (Å²) < 4.78 is 4.43. The Morgan fingerprint density at radius 2 is 2.23 bits per heavy atom. The Labute approximate surface area is 76.5 Å². The molecule has 1 atom stereocenters. The molecule has 72 valence electrons. The molecule has 0 aromatic carbocycles. The fraction of sp³-hybridized carbons (Fsp3) is 0.444.